The second-order valence-corrected chi connectivity index (χ2v) is 8.14. The topological polar surface area (TPSA) is 61.6 Å². The van der Waals surface area contributed by atoms with Crippen LogP contribution in [0.1, 0.15) is 122 Å². The van der Waals surface area contributed by atoms with E-state index in [1.165, 1.54) is 103 Å². The molecule has 0 saturated heterocycles. The molecule has 162 valence electrons. The van der Waals surface area contributed by atoms with Gasteiger partial charge in [0.2, 0.25) is 6.29 Å². The van der Waals surface area contributed by atoms with Crippen LogP contribution in [0.4, 0.5) is 0 Å². The van der Waals surface area contributed by atoms with Gasteiger partial charge in [-0.05, 0) is 11.0 Å². The molecule has 0 fully saturated rings. The highest BCUT2D eigenvalue weighted by atomic mass is 31.1. The van der Waals surface area contributed by atoms with Gasteiger partial charge in [-0.25, -0.2) is 0 Å². The highest BCUT2D eigenvalue weighted by Crippen LogP contribution is 2.16. The number of nitrogens with two attached hydrogens (primary N) is 1. The van der Waals surface area contributed by atoms with Crippen LogP contribution in [0, 0.1) is 0 Å². The Bertz CT molecular complexity index is 293. The summed E-state index contributed by atoms with van der Waals surface area (Å²) in [6, 6.07) is 0. The van der Waals surface area contributed by atoms with Gasteiger partial charge in [0, 0.05) is 13.0 Å². The van der Waals surface area contributed by atoms with Gasteiger partial charge in [-0.1, -0.05) is 110 Å². The standard InChI is InChI=1S/C22H47NO3P/c1-2-3-4-5-6-7-8-9-10-11-12-13-14-15-16-17-18-19-22(26-27-24)25-21-20-23/h22,27H,2-21,23H2,1H3/q+1. The predicted octanol–water partition coefficient (Wildman–Crippen LogP) is 7.29. The van der Waals surface area contributed by atoms with Crippen molar-refractivity contribution >= 4 is 8.69 Å². The first-order valence-corrected chi connectivity index (χ1v) is 12.5. The largest absolute Gasteiger partial charge is 0.496 e. The fraction of sp³-hybridized carbons (Fsp3) is 1.00. The van der Waals surface area contributed by atoms with E-state index in [0.29, 0.717) is 13.2 Å². The lowest BCUT2D eigenvalue weighted by Gasteiger charge is -2.10. The monoisotopic (exact) mass is 404 g/mol. The molecule has 0 aliphatic rings. The van der Waals surface area contributed by atoms with Crippen molar-refractivity contribution in [3.05, 3.63) is 0 Å². The summed E-state index contributed by atoms with van der Waals surface area (Å²) in [5, 5.41) is 0. The van der Waals surface area contributed by atoms with E-state index in [1.54, 1.807) is 0 Å². The third-order valence-electron chi connectivity index (χ3n) is 5.14. The predicted molar refractivity (Wildman–Crippen MR) is 118 cm³/mol. The summed E-state index contributed by atoms with van der Waals surface area (Å²) in [6.07, 6.45) is 23.8. The molecular weight excluding hydrogens is 357 g/mol. The van der Waals surface area contributed by atoms with Gasteiger partial charge in [0.1, 0.15) is 0 Å². The number of ether oxygens (including phenoxy) is 1. The lowest BCUT2D eigenvalue weighted by Crippen LogP contribution is -2.18. The molecule has 0 aromatic rings. The van der Waals surface area contributed by atoms with Crippen LogP contribution >= 0.6 is 8.69 Å². The Morgan fingerprint density at radius 2 is 1.11 bits per heavy atom. The molecule has 5 heteroatoms. The molecule has 0 aliphatic heterocycles. The zero-order valence-electron chi connectivity index (χ0n) is 18.0. The number of hydrogen-bond donors (Lipinski definition) is 1. The Labute approximate surface area is 170 Å². The zero-order valence-corrected chi connectivity index (χ0v) is 19.0. The van der Waals surface area contributed by atoms with Crippen molar-refractivity contribution in [2.24, 2.45) is 5.73 Å². The van der Waals surface area contributed by atoms with Crippen LogP contribution in [-0.2, 0) is 13.8 Å². The summed E-state index contributed by atoms with van der Waals surface area (Å²) in [7, 11) is -0.756. The second kappa shape index (κ2) is 24.0. The van der Waals surface area contributed by atoms with E-state index in [0.717, 1.165) is 12.8 Å². The molecule has 0 spiro atoms. The lowest BCUT2D eigenvalue weighted by molar-refractivity contribution is -0.0759. The molecule has 0 radical (unpaired) electrons. The Kier molecular flexibility index (Phi) is 24.0. The molecule has 2 unspecified atom stereocenters. The Balaban J connectivity index is 3.18. The van der Waals surface area contributed by atoms with Crippen LogP contribution < -0.4 is 5.73 Å². The highest BCUT2D eigenvalue weighted by Gasteiger charge is 2.13. The molecule has 0 aromatic heterocycles. The van der Waals surface area contributed by atoms with Gasteiger partial charge < -0.3 is 10.5 Å². The van der Waals surface area contributed by atoms with E-state index in [4.69, 9.17) is 15.0 Å². The minimum absolute atomic E-state index is 0.347. The third-order valence-corrected chi connectivity index (χ3v) is 5.50. The van der Waals surface area contributed by atoms with Crippen molar-refractivity contribution in [3.63, 3.8) is 0 Å². The zero-order chi connectivity index (χ0) is 19.8. The van der Waals surface area contributed by atoms with Crippen LogP contribution in [-0.4, -0.2) is 19.4 Å². The number of hydrogen-bond acceptors (Lipinski definition) is 4. The van der Waals surface area contributed by atoms with Gasteiger partial charge in [0.05, 0.1) is 6.61 Å². The summed E-state index contributed by atoms with van der Waals surface area (Å²) in [4.78, 5) is 0. The quantitative estimate of drug-likeness (QED) is 0.110. The summed E-state index contributed by atoms with van der Waals surface area (Å²) < 4.78 is 21.1. The van der Waals surface area contributed by atoms with E-state index >= 15 is 0 Å². The Morgan fingerprint density at radius 3 is 1.48 bits per heavy atom. The summed E-state index contributed by atoms with van der Waals surface area (Å²) >= 11 is 0. The maximum absolute atomic E-state index is 10.6. The molecule has 0 heterocycles. The minimum atomic E-state index is -0.756. The van der Waals surface area contributed by atoms with Crippen LogP contribution in [0.3, 0.4) is 0 Å². The average Bonchev–Trinajstić information content (AvgIpc) is 2.68. The molecule has 2 N–H and O–H groups in total. The van der Waals surface area contributed by atoms with Crippen LogP contribution in [0.5, 0.6) is 0 Å². The van der Waals surface area contributed by atoms with Gasteiger partial charge in [-0.3, -0.25) is 0 Å². The van der Waals surface area contributed by atoms with E-state index in [-0.39, 0.29) is 6.29 Å². The normalized spacial score (nSPS) is 12.7. The molecule has 0 aromatic carbocycles. The van der Waals surface area contributed by atoms with E-state index < -0.39 is 8.69 Å². The van der Waals surface area contributed by atoms with Crippen LogP contribution in [0.15, 0.2) is 0 Å². The SMILES string of the molecule is CCCCCCCCCCCCCCCCCCCC(OCCN)O[PH+]=O. The first kappa shape index (κ1) is 27.0. The fourth-order valence-electron chi connectivity index (χ4n) is 3.47. The third kappa shape index (κ3) is 22.1. The maximum Gasteiger partial charge on any atom is 0.496 e. The van der Waals surface area contributed by atoms with E-state index in [9.17, 15) is 4.57 Å². The van der Waals surface area contributed by atoms with Crippen LogP contribution in [0.25, 0.3) is 0 Å². The number of rotatable bonds is 23. The van der Waals surface area contributed by atoms with Gasteiger partial charge >= 0.3 is 8.69 Å². The fourth-order valence-corrected chi connectivity index (χ4v) is 3.76. The van der Waals surface area contributed by atoms with Crippen molar-refractivity contribution in [1.82, 2.24) is 0 Å². The van der Waals surface area contributed by atoms with Gasteiger partial charge in [-0.2, -0.15) is 0 Å². The highest BCUT2D eigenvalue weighted by molar-refractivity contribution is 7.17. The van der Waals surface area contributed by atoms with Crippen LogP contribution in [0.2, 0.25) is 0 Å². The van der Waals surface area contributed by atoms with E-state index in [1.807, 2.05) is 0 Å². The molecular formula is C22H47NO3P+. The average molecular weight is 405 g/mol. The molecule has 0 amide bonds. The van der Waals surface area contributed by atoms with Crippen molar-refractivity contribution < 1.29 is 13.8 Å². The van der Waals surface area contributed by atoms with Crippen molar-refractivity contribution in [2.75, 3.05) is 13.2 Å². The molecule has 0 rings (SSSR count). The van der Waals surface area contributed by atoms with Crippen molar-refractivity contribution in [1.29, 1.82) is 0 Å². The Hall–Kier alpha value is -0.0200. The smallest absolute Gasteiger partial charge is 0.347 e. The van der Waals surface area contributed by atoms with Crippen molar-refractivity contribution in [2.45, 2.75) is 129 Å². The summed E-state index contributed by atoms with van der Waals surface area (Å²) in [6.45, 7) is 3.22. The van der Waals surface area contributed by atoms with E-state index in [2.05, 4.69) is 6.92 Å². The molecule has 4 nitrogen and oxygen atoms in total. The minimum Gasteiger partial charge on any atom is -0.347 e. The molecule has 0 aliphatic carbocycles. The molecule has 27 heavy (non-hydrogen) atoms. The van der Waals surface area contributed by atoms with Gasteiger partial charge in [0.15, 0.2) is 0 Å². The first-order chi connectivity index (χ1) is 13.3. The molecule has 2 atom stereocenters. The maximum atomic E-state index is 10.6. The summed E-state index contributed by atoms with van der Waals surface area (Å²) in [5.41, 5.74) is 5.41. The van der Waals surface area contributed by atoms with Gasteiger partial charge in [0.25, 0.3) is 0 Å². The lowest BCUT2D eigenvalue weighted by atomic mass is 10.0. The first-order valence-electron chi connectivity index (χ1n) is 11.7. The van der Waals surface area contributed by atoms with Crippen molar-refractivity contribution in [3.8, 4) is 0 Å². The molecule has 0 bridgehead atoms. The summed E-state index contributed by atoms with van der Waals surface area (Å²) in [5.74, 6) is 0. The molecule has 0 saturated carbocycles. The number of unbranched alkanes of at least 4 members (excludes halogenated alkanes) is 16. The Morgan fingerprint density at radius 1 is 0.704 bits per heavy atom. The van der Waals surface area contributed by atoms with Gasteiger partial charge in [-0.15, -0.1) is 4.52 Å². The second-order valence-electron chi connectivity index (χ2n) is 7.74.